The van der Waals surface area contributed by atoms with E-state index >= 15 is 0 Å². The number of halogens is 2. The molecule has 1 unspecified atom stereocenters. The van der Waals surface area contributed by atoms with Gasteiger partial charge in [0.2, 0.25) is 0 Å². The van der Waals surface area contributed by atoms with E-state index in [4.69, 9.17) is 5.73 Å². The summed E-state index contributed by atoms with van der Waals surface area (Å²) in [6.45, 7) is 1.63. The SMILES string of the molecule is COC(=O)C(C)(N)Cc1ccccn1.Cl.Cl. The fourth-order valence-corrected chi connectivity index (χ4v) is 1.18. The molecule has 16 heavy (non-hydrogen) atoms. The average Bonchev–Trinajstić information content (AvgIpc) is 2.17. The van der Waals surface area contributed by atoms with Crippen LogP contribution in [0.25, 0.3) is 0 Å². The lowest BCUT2D eigenvalue weighted by Gasteiger charge is -2.20. The minimum Gasteiger partial charge on any atom is -0.468 e. The van der Waals surface area contributed by atoms with Crippen LogP contribution in [-0.4, -0.2) is 23.6 Å². The Labute approximate surface area is 107 Å². The second-order valence-corrected chi connectivity index (χ2v) is 3.41. The fraction of sp³-hybridized carbons (Fsp3) is 0.400. The van der Waals surface area contributed by atoms with Crippen molar-refractivity contribution in [2.75, 3.05) is 7.11 Å². The molecule has 0 aliphatic carbocycles. The second-order valence-electron chi connectivity index (χ2n) is 3.41. The van der Waals surface area contributed by atoms with Gasteiger partial charge in [-0.1, -0.05) is 6.07 Å². The van der Waals surface area contributed by atoms with Crippen LogP contribution in [0.3, 0.4) is 0 Å². The van der Waals surface area contributed by atoms with Gasteiger partial charge < -0.3 is 10.5 Å². The highest BCUT2D eigenvalue weighted by molar-refractivity contribution is 5.85. The number of methoxy groups -OCH3 is 1. The van der Waals surface area contributed by atoms with Crippen molar-refractivity contribution >= 4 is 30.8 Å². The highest BCUT2D eigenvalue weighted by Crippen LogP contribution is 2.09. The summed E-state index contributed by atoms with van der Waals surface area (Å²) in [6, 6.07) is 5.50. The summed E-state index contributed by atoms with van der Waals surface area (Å²) < 4.78 is 4.60. The van der Waals surface area contributed by atoms with Gasteiger partial charge in [0.25, 0.3) is 0 Å². The number of hydrogen-bond acceptors (Lipinski definition) is 4. The van der Waals surface area contributed by atoms with Crippen LogP contribution >= 0.6 is 24.8 Å². The molecule has 0 aromatic carbocycles. The Kier molecular flexibility index (Phi) is 8.16. The highest BCUT2D eigenvalue weighted by Gasteiger charge is 2.29. The summed E-state index contributed by atoms with van der Waals surface area (Å²) >= 11 is 0. The maximum absolute atomic E-state index is 11.3. The van der Waals surface area contributed by atoms with Crippen molar-refractivity contribution < 1.29 is 9.53 Å². The number of ether oxygens (including phenoxy) is 1. The van der Waals surface area contributed by atoms with Crippen molar-refractivity contribution in [1.82, 2.24) is 4.98 Å². The van der Waals surface area contributed by atoms with E-state index in [9.17, 15) is 4.79 Å². The minimum absolute atomic E-state index is 0. The van der Waals surface area contributed by atoms with Crippen LogP contribution in [-0.2, 0) is 16.0 Å². The molecular weight excluding hydrogens is 251 g/mol. The zero-order chi connectivity index (χ0) is 10.6. The molecule has 1 heterocycles. The van der Waals surface area contributed by atoms with Crippen LogP contribution < -0.4 is 5.73 Å². The molecule has 4 nitrogen and oxygen atoms in total. The predicted molar refractivity (Wildman–Crippen MR) is 67.0 cm³/mol. The van der Waals surface area contributed by atoms with Crippen molar-refractivity contribution in [2.24, 2.45) is 5.73 Å². The first-order valence-corrected chi connectivity index (χ1v) is 4.33. The predicted octanol–water partition coefficient (Wildman–Crippen LogP) is 1.36. The van der Waals surface area contributed by atoms with E-state index in [-0.39, 0.29) is 24.8 Å². The molecule has 1 atom stereocenters. The summed E-state index contributed by atoms with van der Waals surface area (Å²) in [5.74, 6) is -0.428. The van der Waals surface area contributed by atoms with Crippen LogP contribution in [0.1, 0.15) is 12.6 Å². The van der Waals surface area contributed by atoms with Gasteiger partial charge in [-0.15, -0.1) is 24.8 Å². The lowest BCUT2D eigenvalue weighted by Crippen LogP contribution is -2.47. The third-order valence-corrected chi connectivity index (χ3v) is 1.93. The third-order valence-electron chi connectivity index (χ3n) is 1.93. The number of esters is 1. The van der Waals surface area contributed by atoms with Crippen LogP contribution in [0.5, 0.6) is 0 Å². The Morgan fingerprint density at radius 1 is 1.50 bits per heavy atom. The zero-order valence-electron chi connectivity index (χ0n) is 9.17. The van der Waals surface area contributed by atoms with Gasteiger partial charge in [0.05, 0.1) is 7.11 Å². The molecule has 0 aliphatic heterocycles. The number of rotatable bonds is 3. The molecule has 92 valence electrons. The zero-order valence-corrected chi connectivity index (χ0v) is 10.8. The van der Waals surface area contributed by atoms with Crippen LogP contribution in [0.4, 0.5) is 0 Å². The molecule has 0 saturated carbocycles. The van der Waals surface area contributed by atoms with E-state index in [0.29, 0.717) is 6.42 Å². The maximum atomic E-state index is 11.3. The van der Waals surface area contributed by atoms with E-state index in [2.05, 4.69) is 9.72 Å². The van der Waals surface area contributed by atoms with Crippen molar-refractivity contribution in [1.29, 1.82) is 0 Å². The first-order chi connectivity index (χ1) is 6.56. The standard InChI is InChI=1S/C10H14N2O2.2ClH/c1-10(11,9(13)14-2)7-8-5-3-4-6-12-8;;/h3-6H,7,11H2,1-2H3;2*1H. The first-order valence-electron chi connectivity index (χ1n) is 4.33. The van der Waals surface area contributed by atoms with Gasteiger partial charge in [-0.3, -0.25) is 9.78 Å². The van der Waals surface area contributed by atoms with E-state index in [1.165, 1.54) is 7.11 Å². The number of nitrogens with two attached hydrogens (primary N) is 1. The molecule has 1 aromatic rings. The quantitative estimate of drug-likeness (QED) is 0.840. The van der Waals surface area contributed by atoms with Gasteiger partial charge >= 0.3 is 5.97 Å². The number of nitrogens with zero attached hydrogens (tertiary/aromatic N) is 1. The van der Waals surface area contributed by atoms with E-state index in [0.717, 1.165) is 5.69 Å². The number of carbonyl (C=O) groups excluding carboxylic acids is 1. The van der Waals surface area contributed by atoms with Crippen molar-refractivity contribution in [3.8, 4) is 0 Å². The van der Waals surface area contributed by atoms with E-state index in [1.54, 1.807) is 13.1 Å². The fourth-order valence-electron chi connectivity index (χ4n) is 1.18. The van der Waals surface area contributed by atoms with Crippen molar-refractivity contribution in [3.63, 3.8) is 0 Å². The van der Waals surface area contributed by atoms with Crippen LogP contribution in [0, 0.1) is 0 Å². The van der Waals surface area contributed by atoms with Crippen molar-refractivity contribution in [3.05, 3.63) is 30.1 Å². The van der Waals surface area contributed by atoms with Gasteiger partial charge in [0.1, 0.15) is 5.54 Å². The Bertz CT molecular complexity index is 318. The smallest absolute Gasteiger partial charge is 0.325 e. The number of hydrogen-bond donors (Lipinski definition) is 1. The minimum atomic E-state index is -1.01. The molecule has 0 bridgehead atoms. The molecule has 1 rings (SSSR count). The Balaban J connectivity index is 0. The normalized spacial score (nSPS) is 12.7. The van der Waals surface area contributed by atoms with Crippen LogP contribution in [0.15, 0.2) is 24.4 Å². The lowest BCUT2D eigenvalue weighted by molar-refractivity contribution is -0.146. The largest absolute Gasteiger partial charge is 0.468 e. The monoisotopic (exact) mass is 266 g/mol. The number of aromatic nitrogens is 1. The lowest BCUT2D eigenvalue weighted by atomic mass is 9.97. The molecule has 0 spiro atoms. The average molecular weight is 267 g/mol. The molecular formula is C10H16Cl2N2O2. The summed E-state index contributed by atoms with van der Waals surface area (Å²) in [4.78, 5) is 15.4. The Morgan fingerprint density at radius 2 is 2.12 bits per heavy atom. The van der Waals surface area contributed by atoms with Crippen LogP contribution in [0.2, 0.25) is 0 Å². The summed E-state index contributed by atoms with van der Waals surface area (Å²) in [5, 5.41) is 0. The third kappa shape index (κ3) is 4.79. The topological polar surface area (TPSA) is 65.2 Å². The molecule has 0 amide bonds. The number of carbonyl (C=O) groups is 1. The highest BCUT2D eigenvalue weighted by atomic mass is 35.5. The van der Waals surface area contributed by atoms with Gasteiger partial charge in [0.15, 0.2) is 0 Å². The summed E-state index contributed by atoms with van der Waals surface area (Å²) in [6.07, 6.45) is 2.04. The molecule has 1 aromatic heterocycles. The van der Waals surface area contributed by atoms with Gasteiger partial charge in [-0.2, -0.15) is 0 Å². The maximum Gasteiger partial charge on any atom is 0.325 e. The number of pyridine rings is 1. The summed E-state index contributed by atoms with van der Waals surface area (Å²) in [7, 11) is 1.33. The van der Waals surface area contributed by atoms with Gasteiger partial charge in [-0.25, -0.2) is 0 Å². The van der Waals surface area contributed by atoms with E-state index in [1.807, 2.05) is 18.2 Å². The second kappa shape index (κ2) is 7.44. The summed E-state index contributed by atoms with van der Waals surface area (Å²) in [5.41, 5.74) is 5.56. The Morgan fingerprint density at radius 3 is 2.56 bits per heavy atom. The molecule has 0 fully saturated rings. The van der Waals surface area contributed by atoms with Crippen molar-refractivity contribution in [2.45, 2.75) is 18.9 Å². The van der Waals surface area contributed by atoms with Gasteiger partial charge in [-0.05, 0) is 19.1 Å². The van der Waals surface area contributed by atoms with Gasteiger partial charge in [0, 0.05) is 18.3 Å². The molecule has 0 aliphatic rings. The van der Waals surface area contributed by atoms with E-state index < -0.39 is 11.5 Å². The first kappa shape index (κ1) is 17.6. The molecule has 2 N–H and O–H groups in total. The molecule has 6 heteroatoms. The Hall–Kier alpha value is -0.840. The molecule has 0 radical (unpaired) electrons. The molecule has 0 saturated heterocycles.